The molecule has 1 aromatic heterocycles. The Morgan fingerprint density at radius 2 is 1.84 bits per heavy atom. The summed E-state index contributed by atoms with van der Waals surface area (Å²) < 4.78 is 33.4. The highest BCUT2D eigenvalue weighted by Gasteiger charge is 2.57. The van der Waals surface area contributed by atoms with E-state index in [9.17, 15) is 27.9 Å². The Kier molecular flexibility index (Phi) is 6.42. The van der Waals surface area contributed by atoms with Gasteiger partial charge in [0.1, 0.15) is 0 Å². The molecule has 1 aromatic carbocycles. The molecule has 0 bridgehead atoms. The lowest BCUT2D eigenvalue weighted by atomic mass is 10.1. The number of carboxylic acids is 2. The largest absolute Gasteiger partial charge is 0.490 e. The van der Waals surface area contributed by atoms with Crippen LogP contribution in [0.2, 0.25) is 0 Å². The molecule has 32 heavy (non-hydrogen) atoms. The molecule has 1 saturated carbocycles. The molecule has 0 unspecified atom stereocenters. The van der Waals surface area contributed by atoms with E-state index in [-0.39, 0.29) is 23.7 Å². The molecule has 2 fully saturated rings. The van der Waals surface area contributed by atoms with Gasteiger partial charge in [-0.3, -0.25) is 14.3 Å². The summed E-state index contributed by atoms with van der Waals surface area (Å²) in [5, 5.41) is 23.6. The zero-order valence-corrected chi connectivity index (χ0v) is 16.9. The highest BCUT2D eigenvalue weighted by atomic mass is 19.4. The second-order valence-corrected chi connectivity index (χ2v) is 7.64. The molecule has 3 N–H and O–H groups in total. The number of nitrogens with one attached hydrogen (secondary N) is 1. The number of hydrogen-bond acceptors (Lipinski definition) is 5. The minimum absolute atomic E-state index is 0.0377. The Morgan fingerprint density at radius 3 is 2.41 bits per heavy atom. The standard InChI is InChI=1S/C18H20N4O3.C2HF3O2/c1-21-9-13(8-19-21)20-12-4-2-3-11(7-12)17(23)22-6-5-14-15(10-22)16(14)18(24)25;3-2(4,5)1(6)7/h2-4,7-9,14-16,20H,5-6,10H2,1H3,(H,24,25);(H,6,7)/t14-,15+,16-;/m0./s1. The van der Waals surface area contributed by atoms with Gasteiger partial charge in [0.25, 0.3) is 5.91 Å². The van der Waals surface area contributed by atoms with Crippen molar-refractivity contribution in [3.8, 4) is 0 Å². The number of rotatable bonds is 4. The lowest BCUT2D eigenvalue weighted by Gasteiger charge is -2.26. The van der Waals surface area contributed by atoms with Crippen molar-refractivity contribution in [3.63, 3.8) is 0 Å². The van der Waals surface area contributed by atoms with Gasteiger partial charge in [0.05, 0.1) is 17.8 Å². The van der Waals surface area contributed by atoms with E-state index >= 15 is 0 Å². The fourth-order valence-corrected chi connectivity index (χ4v) is 3.85. The molecule has 2 aliphatic rings. The van der Waals surface area contributed by atoms with Gasteiger partial charge < -0.3 is 20.4 Å². The summed E-state index contributed by atoms with van der Waals surface area (Å²) >= 11 is 0. The van der Waals surface area contributed by atoms with Gasteiger partial charge in [-0.2, -0.15) is 18.3 Å². The minimum atomic E-state index is -5.08. The van der Waals surface area contributed by atoms with E-state index in [1.807, 2.05) is 31.4 Å². The predicted octanol–water partition coefficient (Wildman–Crippen LogP) is 2.59. The Balaban J connectivity index is 0.000000360. The lowest BCUT2D eigenvalue weighted by molar-refractivity contribution is -0.192. The summed E-state index contributed by atoms with van der Waals surface area (Å²) in [7, 11) is 1.84. The summed E-state index contributed by atoms with van der Waals surface area (Å²) in [4.78, 5) is 34.6. The number of likely N-dealkylation sites (tertiary alicyclic amines) is 1. The van der Waals surface area contributed by atoms with Crippen LogP contribution in [0.5, 0.6) is 0 Å². The number of hydrogen-bond donors (Lipinski definition) is 3. The lowest BCUT2D eigenvalue weighted by Crippen LogP contribution is -2.37. The number of halogens is 3. The quantitative estimate of drug-likeness (QED) is 0.649. The van der Waals surface area contributed by atoms with Crippen molar-refractivity contribution >= 4 is 29.2 Å². The number of anilines is 2. The van der Waals surface area contributed by atoms with Crippen molar-refractivity contribution in [1.29, 1.82) is 0 Å². The van der Waals surface area contributed by atoms with Crippen molar-refractivity contribution < 1.29 is 37.8 Å². The zero-order valence-electron chi connectivity index (χ0n) is 16.9. The molecule has 1 aliphatic heterocycles. The Hall–Kier alpha value is -3.57. The molecule has 4 rings (SSSR count). The third kappa shape index (κ3) is 5.37. The maximum Gasteiger partial charge on any atom is 0.490 e. The van der Waals surface area contributed by atoms with Crippen LogP contribution in [0.15, 0.2) is 36.7 Å². The fourth-order valence-electron chi connectivity index (χ4n) is 3.85. The van der Waals surface area contributed by atoms with E-state index in [1.54, 1.807) is 21.8 Å². The number of carboxylic acid groups (broad SMARTS) is 2. The van der Waals surface area contributed by atoms with Crippen molar-refractivity contribution in [3.05, 3.63) is 42.2 Å². The Labute approximate surface area is 180 Å². The van der Waals surface area contributed by atoms with Gasteiger partial charge in [0.2, 0.25) is 0 Å². The van der Waals surface area contributed by atoms with E-state index in [1.165, 1.54) is 0 Å². The first kappa shape index (κ1) is 23.1. The number of benzene rings is 1. The average molecular weight is 454 g/mol. The third-order valence-corrected chi connectivity index (χ3v) is 5.41. The summed E-state index contributed by atoms with van der Waals surface area (Å²) in [5.74, 6) is -3.42. The second kappa shape index (κ2) is 8.89. The first-order chi connectivity index (χ1) is 15.0. The molecule has 1 amide bonds. The number of amides is 1. The maximum absolute atomic E-state index is 12.8. The maximum atomic E-state index is 12.8. The molecule has 12 heteroatoms. The van der Waals surface area contributed by atoms with E-state index in [0.29, 0.717) is 18.7 Å². The third-order valence-electron chi connectivity index (χ3n) is 5.41. The van der Waals surface area contributed by atoms with Gasteiger partial charge in [-0.15, -0.1) is 0 Å². The number of aryl methyl sites for hydroxylation is 1. The molecule has 172 valence electrons. The molecular weight excluding hydrogens is 433 g/mol. The highest BCUT2D eigenvalue weighted by molar-refractivity contribution is 5.95. The number of nitrogens with zero attached hydrogens (tertiary/aromatic N) is 3. The van der Waals surface area contributed by atoms with Gasteiger partial charge >= 0.3 is 18.1 Å². The molecule has 9 nitrogen and oxygen atoms in total. The van der Waals surface area contributed by atoms with Crippen molar-refractivity contribution in [1.82, 2.24) is 14.7 Å². The molecule has 2 aromatic rings. The highest BCUT2D eigenvalue weighted by Crippen LogP contribution is 2.51. The molecule has 3 atom stereocenters. The molecule has 1 saturated heterocycles. The molecule has 2 heterocycles. The minimum Gasteiger partial charge on any atom is -0.481 e. The number of alkyl halides is 3. The van der Waals surface area contributed by atoms with Gasteiger partial charge in [-0.05, 0) is 36.5 Å². The SMILES string of the molecule is Cn1cc(Nc2cccc(C(=O)N3CC[C@H]4[C@@H](C3)[C@H]4C(=O)O)c2)cn1.O=C(O)C(F)(F)F. The van der Waals surface area contributed by atoms with Gasteiger partial charge in [0.15, 0.2) is 0 Å². The summed E-state index contributed by atoms with van der Waals surface area (Å²) in [6.45, 7) is 1.17. The van der Waals surface area contributed by atoms with Gasteiger partial charge in [0, 0.05) is 37.6 Å². The summed E-state index contributed by atoms with van der Waals surface area (Å²) in [6.07, 6.45) is -0.724. The van der Waals surface area contributed by atoms with Crippen LogP contribution in [0.4, 0.5) is 24.5 Å². The normalized spacial score (nSPS) is 21.6. The van der Waals surface area contributed by atoms with E-state index < -0.39 is 18.1 Å². The molecular formula is C20H21F3N4O5. The van der Waals surface area contributed by atoms with Crippen molar-refractivity contribution in [2.45, 2.75) is 12.6 Å². The van der Waals surface area contributed by atoms with Crippen LogP contribution in [-0.2, 0) is 16.6 Å². The topological polar surface area (TPSA) is 125 Å². The first-order valence-corrected chi connectivity index (χ1v) is 9.65. The van der Waals surface area contributed by atoms with Crippen LogP contribution in [0.1, 0.15) is 16.8 Å². The first-order valence-electron chi connectivity index (χ1n) is 9.65. The number of fused-ring (bicyclic) bond motifs is 1. The van der Waals surface area contributed by atoms with Gasteiger partial charge in [-0.1, -0.05) is 6.07 Å². The van der Waals surface area contributed by atoms with Crippen LogP contribution in [0, 0.1) is 17.8 Å². The van der Waals surface area contributed by atoms with Crippen LogP contribution >= 0.6 is 0 Å². The average Bonchev–Trinajstić information content (AvgIpc) is 3.32. The Bertz CT molecular complexity index is 1020. The fraction of sp³-hybridized carbons (Fsp3) is 0.400. The number of carbonyl (C=O) groups excluding carboxylic acids is 1. The van der Waals surface area contributed by atoms with E-state index in [4.69, 9.17) is 9.90 Å². The summed E-state index contributed by atoms with van der Waals surface area (Å²) in [5.41, 5.74) is 2.29. The number of aliphatic carboxylic acids is 2. The zero-order chi connectivity index (χ0) is 23.6. The van der Waals surface area contributed by atoms with Crippen LogP contribution < -0.4 is 5.32 Å². The molecule has 1 aliphatic carbocycles. The van der Waals surface area contributed by atoms with Crippen LogP contribution in [0.3, 0.4) is 0 Å². The van der Waals surface area contributed by atoms with E-state index in [0.717, 1.165) is 17.8 Å². The second-order valence-electron chi connectivity index (χ2n) is 7.64. The molecule has 0 radical (unpaired) electrons. The smallest absolute Gasteiger partial charge is 0.481 e. The number of piperidine rings is 1. The van der Waals surface area contributed by atoms with Crippen molar-refractivity contribution in [2.24, 2.45) is 24.8 Å². The Morgan fingerprint density at radius 1 is 1.16 bits per heavy atom. The van der Waals surface area contributed by atoms with E-state index in [2.05, 4.69) is 10.4 Å². The van der Waals surface area contributed by atoms with Crippen LogP contribution in [-0.4, -0.2) is 62.0 Å². The monoisotopic (exact) mass is 454 g/mol. The number of aromatic nitrogens is 2. The number of carbonyl (C=O) groups is 3. The van der Waals surface area contributed by atoms with Crippen molar-refractivity contribution in [2.75, 3.05) is 18.4 Å². The van der Waals surface area contributed by atoms with Crippen LogP contribution in [0.25, 0.3) is 0 Å². The van der Waals surface area contributed by atoms with Gasteiger partial charge in [-0.25, -0.2) is 4.79 Å². The molecule has 0 spiro atoms. The summed E-state index contributed by atoms with van der Waals surface area (Å²) in [6, 6.07) is 7.36. The predicted molar refractivity (Wildman–Crippen MR) is 105 cm³/mol.